The summed E-state index contributed by atoms with van der Waals surface area (Å²) in [6, 6.07) is 15.3. The number of carbonyl (C=O) groups excluding carboxylic acids is 2. The number of amides is 2. The van der Waals surface area contributed by atoms with E-state index in [1.54, 1.807) is 41.0 Å². The Bertz CT molecular complexity index is 5060. The van der Waals surface area contributed by atoms with Gasteiger partial charge in [0, 0.05) is 92.5 Å². The second-order valence-electron chi connectivity index (χ2n) is 21.5. The van der Waals surface area contributed by atoms with Crippen LogP contribution in [0.4, 0.5) is 35.1 Å². The van der Waals surface area contributed by atoms with E-state index in [1.165, 1.54) is 66.9 Å². The number of hydrogen-bond acceptors (Lipinski definition) is 10. The standard InChI is InChI=1S/C37H40F4N4O2S.C36H38F4N4O2S/c1-4-43(5-2)19-20-44(22-26-9-13-28(14-10-26)29-15-18-32(25(3)21-29)37(39,40)41)34(46)23-45-33-8-6-7-31(33)35(47)42-36(45)48-24-27-11-16-30(38)17-12-27;1-3-42(4-2)20-21-43(22-25-8-12-27(13-9-25)28-14-16-29(17-15-28)36(38,39)40)33(45)23-44-32-7-5-6-31(32)34(46)41-35(44)47-24-26-10-18-30(37)19-11-26/h9-18,21H,4-8,19-20,22-24H2,1-3H3;8-19H,3-7,20-24H2,1-2H3/i4D2,5D2,6D2,7D2,8D2,9D,10D,13D,14D,15D,18D,21D;3D2,4D2. The zero-order valence-electron chi connectivity index (χ0n) is 73.0. The molecule has 2 heterocycles. The fourth-order valence-electron chi connectivity index (χ4n) is 10.2. The third-order valence-corrected chi connectivity index (χ3v) is 17.4. The van der Waals surface area contributed by atoms with Gasteiger partial charge >= 0.3 is 12.4 Å². The molecule has 22 heteroatoms. The quantitative estimate of drug-likeness (QED) is 0.0295. The molecule has 2 aliphatic rings. The molecule has 0 fully saturated rings. The molecule has 0 bridgehead atoms. The van der Waals surface area contributed by atoms with Crippen molar-refractivity contribution in [2.75, 3.05) is 52.2 Å². The Kier molecular flexibility index (Phi) is 16.5. The minimum atomic E-state index is -5.17. The summed E-state index contributed by atoms with van der Waals surface area (Å²) in [4.78, 5) is 67.6. The predicted octanol–water partition coefficient (Wildman–Crippen LogP) is 14.7. The molecular weight excluding hydrogens is 1270 g/mol. The molecule has 0 aliphatic heterocycles. The second kappa shape index (κ2) is 32.7. The lowest BCUT2D eigenvalue weighted by Gasteiger charge is -2.28. The van der Waals surface area contributed by atoms with E-state index in [9.17, 15) is 54.3 Å². The molecule has 2 amide bonds. The number of benzene rings is 6. The summed E-state index contributed by atoms with van der Waals surface area (Å²) in [5.41, 5.74) is -4.59. The number of fused-ring (bicyclic) bond motifs is 2. The van der Waals surface area contributed by atoms with Crippen LogP contribution in [0.3, 0.4) is 0 Å². The van der Waals surface area contributed by atoms with Crippen LogP contribution in [-0.2, 0) is 85.2 Å². The summed E-state index contributed by atoms with van der Waals surface area (Å²) in [6.07, 6.45) is -17.9. The summed E-state index contributed by atoms with van der Waals surface area (Å²) >= 11 is 1.97. The van der Waals surface area contributed by atoms with Gasteiger partial charge in [-0.2, -0.15) is 36.3 Å². The second-order valence-corrected chi connectivity index (χ2v) is 23.4. The molecule has 502 valence electrons. The van der Waals surface area contributed by atoms with Crippen LogP contribution in [0.25, 0.3) is 22.3 Å². The van der Waals surface area contributed by atoms with Crippen molar-refractivity contribution in [1.29, 1.82) is 0 Å². The highest BCUT2D eigenvalue weighted by Crippen LogP contribution is 2.36. The number of carbonyl (C=O) groups is 2. The number of hydrogen-bond donors (Lipinski definition) is 0. The third kappa shape index (κ3) is 19.0. The highest BCUT2D eigenvalue weighted by Gasteiger charge is 2.33. The number of thioether (sulfide) groups is 2. The molecule has 10 rings (SSSR count). The third-order valence-electron chi connectivity index (χ3n) is 15.3. The Morgan fingerprint density at radius 3 is 1.51 bits per heavy atom. The number of aromatic nitrogens is 4. The molecule has 0 atom stereocenters. The number of likely N-dealkylation sites (N-methyl/N-ethyl adjacent to an activating group) is 2. The monoisotopic (exact) mass is 1370 g/mol. The first-order valence-corrected chi connectivity index (χ1v) is 31.6. The van der Waals surface area contributed by atoms with Gasteiger partial charge in [-0.25, -0.2) is 8.78 Å². The maximum absolute atomic E-state index is 14.7. The normalized spacial score (nSPS) is 18.2. The molecule has 12 nitrogen and oxygen atoms in total. The Morgan fingerprint density at radius 1 is 0.547 bits per heavy atom. The maximum Gasteiger partial charge on any atom is 0.416 e. The lowest BCUT2D eigenvalue weighted by Crippen LogP contribution is -2.40. The van der Waals surface area contributed by atoms with Crippen LogP contribution >= 0.6 is 23.5 Å². The average Bonchev–Trinajstić information content (AvgIpc) is 1.51. The molecule has 0 saturated carbocycles. The van der Waals surface area contributed by atoms with Crippen LogP contribution in [0.1, 0.15) is 131 Å². The topological polar surface area (TPSA) is 117 Å². The zero-order valence-corrected chi connectivity index (χ0v) is 53.6. The fraction of sp³-hybridized carbons (Fsp3) is 0.370. The molecule has 2 aromatic heterocycles. The van der Waals surface area contributed by atoms with E-state index in [4.69, 9.17) is 28.8 Å². The molecule has 0 saturated heterocycles. The van der Waals surface area contributed by atoms with Crippen molar-refractivity contribution in [2.45, 2.75) is 133 Å². The van der Waals surface area contributed by atoms with Gasteiger partial charge in [0.1, 0.15) is 24.7 Å². The molecule has 0 radical (unpaired) electrons. The summed E-state index contributed by atoms with van der Waals surface area (Å²) in [7, 11) is 0. The highest BCUT2D eigenvalue weighted by atomic mass is 32.2. The molecule has 0 spiro atoms. The van der Waals surface area contributed by atoms with Crippen LogP contribution in [-0.4, -0.2) is 103 Å². The van der Waals surface area contributed by atoms with Gasteiger partial charge in [0.15, 0.2) is 10.3 Å². The van der Waals surface area contributed by atoms with Crippen LogP contribution in [0.5, 0.6) is 0 Å². The van der Waals surface area contributed by atoms with E-state index in [0.717, 1.165) is 77.1 Å². The molecule has 0 unspecified atom stereocenters. The van der Waals surface area contributed by atoms with E-state index in [1.807, 2.05) is 0 Å². The average molecular weight is 1370 g/mol. The van der Waals surface area contributed by atoms with Gasteiger partial charge in [0.2, 0.25) is 11.8 Å². The van der Waals surface area contributed by atoms with Gasteiger partial charge < -0.3 is 28.7 Å². The van der Waals surface area contributed by atoms with Gasteiger partial charge in [-0.3, -0.25) is 19.2 Å². The lowest BCUT2D eigenvalue weighted by molar-refractivity contribution is -0.138. The van der Waals surface area contributed by atoms with Crippen molar-refractivity contribution < 1.29 is 73.5 Å². The first-order chi connectivity index (χ1) is 53.4. The number of nitrogens with zero attached hydrogens (tertiary/aromatic N) is 8. The van der Waals surface area contributed by atoms with Gasteiger partial charge in [0.25, 0.3) is 11.1 Å². The molecule has 95 heavy (non-hydrogen) atoms. The van der Waals surface area contributed by atoms with Crippen molar-refractivity contribution in [3.8, 4) is 22.3 Å². The van der Waals surface area contributed by atoms with Gasteiger partial charge in [-0.15, -0.1) is 0 Å². The van der Waals surface area contributed by atoms with Crippen molar-refractivity contribution in [3.63, 3.8) is 0 Å². The highest BCUT2D eigenvalue weighted by molar-refractivity contribution is 7.98. The Hall–Kier alpha value is -7.92. The van der Waals surface area contributed by atoms with Crippen LogP contribution in [0, 0.1) is 18.6 Å². The van der Waals surface area contributed by atoms with E-state index < -0.39 is 193 Å². The molecule has 0 N–H and O–H groups in total. The Balaban J connectivity index is 0.000000273. The van der Waals surface area contributed by atoms with Crippen molar-refractivity contribution in [3.05, 3.63) is 233 Å². The molecule has 8 aromatic rings. The minimum absolute atomic E-state index is 0.0337. The summed E-state index contributed by atoms with van der Waals surface area (Å²) < 4.78 is 288. The predicted molar refractivity (Wildman–Crippen MR) is 358 cm³/mol. The maximum atomic E-state index is 14.7. The lowest BCUT2D eigenvalue weighted by atomic mass is 9.98. The van der Waals surface area contributed by atoms with Crippen molar-refractivity contribution in [2.24, 2.45) is 0 Å². The first kappa shape index (κ1) is 47.9. The summed E-state index contributed by atoms with van der Waals surface area (Å²) in [6.45, 7) is -7.14. The van der Waals surface area contributed by atoms with E-state index in [0.29, 0.717) is 68.2 Å². The molecule has 2 aliphatic carbocycles. The van der Waals surface area contributed by atoms with E-state index in [-0.39, 0.29) is 49.2 Å². The van der Waals surface area contributed by atoms with Gasteiger partial charge in [-0.1, -0.05) is 148 Å². The number of halogens is 8. The van der Waals surface area contributed by atoms with Crippen LogP contribution in [0.2, 0.25) is 0 Å². The van der Waals surface area contributed by atoms with Crippen LogP contribution in [0.15, 0.2) is 159 Å². The SMILES string of the molecule is [2H]C([2H])(C)N(CCN(Cc1ccc(-c2ccc(C(F)(F)F)cc2)cc1)C(=O)Cn1c(SCc2ccc(F)cc2)nc(=O)c2c1CCC2)C([2H])([2H])C.[2H]c1c([2H])c(-c2c([2H])c([2H])c(C(F)(F)F)c(C)c2[2H])c([2H])c([2H])c1CN(CCN(C([2H])([2H])C)C([2H])([2H])C)C(=O)Cn1c(SCc2ccc(F)cc2)nc(=O)c2c1C([2H])([2H])C([2H])([2H])C2([2H])[2H]. The summed E-state index contributed by atoms with van der Waals surface area (Å²) in [5.74, 6) is -2.20. The van der Waals surface area contributed by atoms with E-state index in [2.05, 4.69) is 9.97 Å². The zero-order chi connectivity index (χ0) is 86.6. The smallest absolute Gasteiger partial charge is 0.336 e. The molecular formula is C73H78F8N8O4S2. The van der Waals surface area contributed by atoms with Gasteiger partial charge in [0.05, 0.1) is 20.7 Å². The first-order valence-electron chi connectivity index (χ1n) is 40.1. The van der Waals surface area contributed by atoms with Crippen LogP contribution < -0.4 is 11.1 Å². The fourth-order valence-corrected chi connectivity index (χ4v) is 12.1. The molecule has 6 aromatic carbocycles. The summed E-state index contributed by atoms with van der Waals surface area (Å²) in [5, 5.41) is -0.0951. The van der Waals surface area contributed by atoms with Crippen molar-refractivity contribution >= 4 is 35.3 Å². The van der Waals surface area contributed by atoms with E-state index >= 15 is 0 Å². The minimum Gasteiger partial charge on any atom is -0.336 e. The largest absolute Gasteiger partial charge is 0.416 e. The van der Waals surface area contributed by atoms with Gasteiger partial charge in [-0.05, 0) is 164 Å². The Labute approximate surface area is 586 Å². The Morgan fingerprint density at radius 2 is 1.01 bits per heavy atom. The number of alkyl halides is 6. The number of rotatable bonds is 26. The van der Waals surface area contributed by atoms with Crippen molar-refractivity contribution in [1.82, 2.24) is 38.7 Å².